The number of ether oxygens (including phenoxy) is 6. The van der Waals surface area contributed by atoms with Crippen LogP contribution in [-0.4, -0.2) is 87.2 Å². The van der Waals surface area contributed by atoms with Crippen LogP contribution in [0.4, 0.5) is 0 Å². The zero-order valence-corrected chi connectivity index (χ0v) is 26.3. The highest BCUT2D eigenvalue weighted by atomic mass is 16.6. The molecule has 0 saturated heterocycles. The van der Waals surface area contributed by atoms with Crippen LogP contribution in [0.5, 0.6) is 23.0 Å². The molecule has 2 rings (SSSR count). The van der Waals surface area contributed by atoms with Gasteiger partial charge in [-0.05, 0) is 51.0 Å². The van der Waals surface area contributed by atoms with Gasteiger partial charge in [-0.25, -0.2) is 0 Å². The molecule has 44 heavy (non-hydrogen) atoms. The summed E-state index contributed by atoms with van der Waals surface area (Å²) in [5, 5.41) is 19.3. The number of aliphatic carboxylic acids is 1. The van der Waals surface area contributed by atoms with E-state index < -0.39 is 5.97 Å². The summed E-state index contributed by atoms with van der Waals surface area (Å²) >= 11 is 0. The predicted octanol–water partition coefficient (Wildman–Crippen LogP) is 5.06. The van der Waals surface area contributed by atoms with Crippen molar-refractivity contribution in [2.75, 3.05) is 59.5 Å². The number of aromatic hydroxyl groups is 1. The summed E-state index contributed by atoms with van der Waals surface area (Å²) in [5.74, 6) is 0.209. The van der Waals surface area contributed by atoms with Crippen LogP contribution >= 0.6 is 0 Å². The van der Waals surface area contributed by atoms with Gasteiger partial charge >= 0.3 is 5.97 Å². The lowest BCUT2D eigenvalue weighted by atomic mass is 10.0. The molecule has 0 aliphatic heterocycles. The van der Waals surface area contributed by atoms with Gasteiger partial charge in [0.15, 0.2) is 11.6 Å². The Morgan fingerprint density at radius 3 is 1.59 bits per heavy atom. The number of ketones is 2. The molecule has 0 atom stereocenters. The summed E-state index contributed by atoms with van der Waals surface area (Å²) < 4.78 is 34.1. The van der Waals surface area contributed by atoms with Gasteiger partial charge in [-0.2, -0.15) is 0 Å². The Hall–Kier alpha value is -3.67. The van der Waals surface area contributed by atoms with E-state index in [1.807, 2.05) is 13.8 Å². The summed E-state index contributed by atoms with van der Waals surface area (Å²) in [4.78, 5) is 34.8. The Balaban J connectivity index is 1.67. The third-order valence-corrected chi connectivity index (χ3v) is 6.49. The smallest absolute Gasteiger partial charge is 0.306 e. The van der Waals surface area contributed by atoms with Gasteiger partial charge in [-0.15, -0.1) is 0 Å². The zero-order chi connectivity index (χ0) is 32.3. The van der Waals surface area contributed by atoms with Crippen LogP contribution in [0, 0.1) is 0 Å². The van der Waals surface area contributed by atoms with E-state index in [1.165, 1.54) is 13.8 Å². The molecule has 2 N–H and O–H groups in total. The number of Topliss-reactive ketones (excluding diaryl/α,β-unsaturated/α-hetero) is 2. The molecule has 2 aromatic rings. The minimum absolute atomic E-state index is 0.0178. The van der Waals surface area contributed by atoms with Gasteiger partial charge in [0.25, 0.3) is 0 Å². The van der Waals surface area contributed by atoms with Gasteiger partial charge in [-0.3, -0.25) is 14.4 Å². The molecule has 2 aromatic carbocycles. The van der Waals surface area contributed by atoms with Crippen molar-refractivity contribution >= 4 is 17.5 Å². The van der Waals surface area contributed by atoms with Gasteiger partial charge in [0, 0.05) is 11.1 Å². The molecule has 0 aliphatic carbocycles. The highest BCUT2D eigenvalue weighted by Crippen LogP contribution is 2.35. The Bertz CT molecular complexity index is 1210. The first-order chi connectivity index (χ1) is 21.2. The molecule has 0 amide bonds. The Morgan fingerprint density at radius 2 is 1.07 bits per heavy atom. The van der Waals surface area contributed by atoms with E-state index in [0.29, 0.717) is 86.4 Å². The molecule has 0 aliphatic rings. The minimum atomic E-state index is -0.948. The van der Waals surface area contributed by atoms with Crippen LogP contribution in [0.15, 0.2) is 24.3 Å². The lowest BCUT2D eigenvalue weighted by Crippen LogP contribution is -2.15. The monoisotopic (exact) mass is 618 g/mol. The second-order valence-electron chi connectivity index (χ2n) is 10.00. The summed E-state index contributed by atoms with van der Waals surface area (Å²) in [6, 6.07) is 6.60. The molecule has 0 bridgehead atoms. The maximum absolute atomic E-state index is 12.2. The lowest BCUT2D eigenvalue weighted by molar-refractivity contribution is -0.137. The lowest BCUT2D eigenvalue weighted by Gasteiger charge is -2.18. The average molecular weight is 619 g/mol. The molecule has 0 aromatic heterocycles. The molecule has 11 heteroatoms. The third-order valence-electron chi connectivity index (χ3n) is 6.49. The first-order valence-corrected chi connectivity index (χ1v) is 15.1. The number of phenols is 1. The van der Waals surface area contributed by atoms with Gasteiger partial charge in [0.2, 0.25) is 0 Å². The number of hydrogen-bond acceptors (Lipinski definition) is 10. The molecule has 0 radical (unpaired) electrons. The van der Waals surface area contributed by atoms with Crippen molar-refractivity contribution in [1.82, 2.24) is 0 Å². The fourth-order valence-electron chi connectivity index (χ4n) is 4.41. The van der Waals surface area contributed by atoms with E-state index in [1.54, 1.807) is 24.3 Å². The predicted molar refractivity (Wildman–Crippen MR) is 164 cm³/mol. The number of hydrogen-bond donors (Lipinski definition) is 2. The van der Waals surface area contributed by atoms with Crippen LogP contribution in [-0.2, 0) is 31.8 Å². The molecule has 0 heterocycles. The Kier molecular flexibility index (Phi) is 16.9. The molecule has 11 nitrogen and oxygen atoms in total. The van der Waals surface area contributed by atoms with Crippen molar-refractivity contribution in [3.8, 4) is 23.0 Å². The number of phenolic OH excluding ortho intramolecular Hbond substituents is 1. The Labute approximate surface area is 259 Å². The molecule has 244 valence electrons. The SMILES string of the molecule is CCCc1c(OCCOCCOCCOCCOc2c(C(C)=O)ccc(OCCC(=O)O)c2CCC)ccc(C(C)=O)c1O. The first-order valence-electron chi connectivity index (χ1n) is 15.1. The molecular formula is C33H46O11. The summed E-state index contributed by atoms with van der Waals surface area (Å²) in [5.41, 5.74) is 2.11. The average Bonchev–Trinajstić information content (AvgIpc) is 2.97. The van der Waals surface area contributed by atoms with Crippen LogP contribution in [0.2, 0.25) is 0 Å². The highest BCUT2D eigenvalue weighted by molar-refractivity contribution is 5.98. The highest BCUT2D eigenvalue weighted by Gasteiger charge is 2.19. The Morgan fingerprint density at radius 1 is 0.614 bits per heavy atom. The minimum Gasteiger partial charge on any atom is -0.507 e. The number of rotatable bonds is 24. The van der Waals surface area contributed by atoms with Crippen molar-refractivity contribution in [2.24, 2.45) is 0 Å². The van der Waals surface area contributed by atoms with E-state index in [0.717, 1.165) is 18.4 Å². The van der Waals surface area contributed by atoms with Gasteiger partial charge in [-0.1, -0.05) is 26.7 Å². The maximum atomic E-state index is 12.2. The second kappa shape index (κ2) is 20.3. The summed E-state index contributed by atoms with van der Waals surface area (Å²) in [6.07, 6.45) is 2.68. The van der Waals surface area contributed by atoms with E-state index in [9.17, 15) is 19.5 Å². The number of benzene rings is 2. The second-order valence-corrected chi connectivity index (χ2v) is 10.00. The number of carbonyl (C=O) groups is 3. The fourth-order valence-corrected chi connectivity index (χ4v) is 4.41. The number of carboxylic acid groups (broad SMARTS) is 1. The van der Waals surface area contributed by atoms with E-state index in [-0.39, 0.29) is 43.6 Å². The van der Waals surface area contributed by atoms with E-state index >= 15 is 0 Å². The van der Waals surface area contributed by atoms with Crippen molar-refractivity contribution in [2.45, 2.75) is 59.8 Å². The summed E-state index contributed by atoms with van der Waals surface area (Å²) in [7, 11) is 0. The third kappa shape index (κ3) is 12.1. The largest absolute Gasteiger partial charge is 0.507 e. The zero-order valence-electron chi connectivity index (χ0n) is 26.3. The molecule has 0 unspecified atom stereocenters. The van der Waals surface area contributed by atoms with E-state index in [2.05, 4.69) is 0 Å². The van der Waals surface area contributed by atoms with Crippen molar-refractivity contribution in [1.29, 1.82) is 0 Å². The number of carbonyl (C=O) groups excluding carboxylic acids is 2. The van der Waals surface area contributed by atoms with Gasteiger partial charge in [0.05, 0.1) is 63.8 Å². The first kappa shape index (κ1) is 36.5. The molecular weight excluding hydrogens is 572 g/mol. The standard InChI is InChI=1S/C33H46O11/c1-5-7-27-29(11-9-25(23(3)34)32(27)38)43-21-19-40-17-15-39-16-18-41-20-22-44-33-26(24(4)35)10-12-30(28(33)8-6-2)42-14-13-31(36)37/h9-12,38H,5-8,13-22H2,1-4H3,(H,36,37). The normalized spacial score (nSPS) is 10.9. The maximum Gasteiger partial charge on any atom is 0.306 e. The van der Waals surface area contributed by atoms with Gasteiger partial charge in [0.1, 0.15) is 36.2 Å². The van der Waals surface area contributed by atoms with Crippen molar-refractivity contribution in [3.05, 3.63) is 46.5 Å². The van der Waals surface area contributed by atoms with Crippen LogP contribution in [0.1, 0.15) is 78.8 Å². The molecule has 0 spiro atoms. The van der Waals surface area contributed by atoms with Crippen LogP contribution in [0.3, 0.4) is 0 Å². The molecule has 0 saturated carbocycles. The molecule has 0 fully saturated rings. The topological polar surface area (TPSA) is 147 Å². The summed E-state index contributed by atoms with van der Waals surface area (Å²) in [6.45, 7) is 9.52. The van der Waals surface area contributed by atoms with Gasteiger partial charge < -0.3 is 38.6 Å². The van der Waals surface area contributed by atoms with E-state index in [4.69, 9.17) is 33.5 Å². The van der Waals surface area contributed by atoms with Crippen LogP contribution in [0.25, 0.3) is 0 Å². The fraction of sp³-hybridized carbons (Fsp3) is 0.545. The number of carboxylic acids is 1. The van der Waals surface area contributed by atoms with Crippen LogP contribution < -0.4 is 14.2 Å². The van der Waals surface area contributed by atoms with Crippen molar-refractivity contribution in [3.63, 3.8) is 0 Å². The van der Waals surface area contributed by atoms with Crippen molar-refractivity contribution < 1.29 is 53.0 Å². The quantitative estimate of drug-likeness (QED) is 0.120.